The van der Waals surface area contributed by atoms with Gasteiger partial charge in [-0.05, 0) is 5.56 Å². The lowest BCUT2D eigenvalue weighted by atomic mass is 10.2. The average molecular weight is 232 g/mol. The third-order valence-electron chi connectivity index (χ3n) is 2.35. The Balaban J connectivity index is 2.18. The van der Waals surface area contributed by atoms with Gasteiger partial charge in [-0.15, -0.1) is 11.6 Å². The van der Waals surface area contributed by atoms with E-state index >= 15 is 0 Å². The minimum absolute atomic E-state index is 0.458. The Morgan fingerprint density at radius 3 is 2.69 bits per heavy atom. The van der Waals surface area contributed by atoms with Gasteiger partial charge in [0.25, 0.3) is 0 Å². The van der Waals surface area contributed by atoms with Crippen molar-refractivity contribution in [2.45, 2.75) is 12.4 Å². The van der Waals surface area contributed by atoms with E-state index in [1.54, 1.807) is 12.5 Å². The monoisotopic (exact) mass is 231 g/mol. The Labute approximate surface area is 99.1 Å². The quantitative estimate of drug-likeness (QED) is 0.587. The first kappa shape index (κ1) is 10.7. The van der Waals surface area contributed by atoms with Crippen LogP contribution in [0.5, 0.6) is 0 Å². The van der Waals surface area contributed by atoms with E-state index in [1.165, 1.54) is 0 Å². The van der Waals surface area contributed by atoms with Crippen LogP contribution in [0, 0.1) is 6.57 Å². The second-order valence-corrected chi connectivity index (χ2v) is 3.69. The van der Waals surface area contributed by atoms with Crippen molar-refractivity contribution < 1.29 is 0 Å². The average Bonchev–Trinajstić information content (AvgIpc) is 2.77. The van der Waals surface area contributed by atoms with E-state index in [1.807, 2.05) is 28.8 Å². The van der Waals surface area contributed by atoms with Crippen LogP contribution < -0.4 is 0 Å². The second kappa shape index (κ2) is 4.82. The first-order valence-corrected chi connectivity index (χ1v) is 5.38. The summed E-state index contributed by atoms with van der Waals surface area (Å²) < 4.78 is 2.00. The summed E-state index contributed by atoms with van der Waals surface area (Å²) in [5.74, 6) is 0.458. The fourth-order valence-corrected chi connectivity index (χ4v) is 1.70. The summed E-state index contributed by atoms with van der Waals surface area (Å²) in [6, 6.07) is 7.54. The topological polar surface area (TPSA) is 22.2 Å². The summed E-state index contributed by atoms with van der Waals surface area (Å²) >= 11 is 5.79. The van der Waals surface area contributed by atoms with Crippen LogP contribution in [0.4, 0.5) is 5.69 Å². The molecule has 2 aromatic rings. The zero-order chi connectivity index (χ0) is 11.4. The van der Waals surface area contributed by atoms with Gasteiger partial charge in [0.1, 0.15) is 0 Å². The third kappa shape index (κ3) is 2.23. The van der Waals surface area contributed by atoms with E-state index in [4.69, 9.17) is 18.2 Å². The van der Waals surface area contributed by atoms with E-state index in [0.29, 0.717) is 11.6 Å². The van der Waals surface area contributed by atoms with Crippen LogP contribution in [-0.2, 0) is 12.4 Å². The summed E-state index contributed by atoms with van der Waals surface area (Å²) in [5.41, 5.74) is 2.79. The number of aromatic nitrogens is 2. The SMILES string of the molecule is [C-]#[N+]c1ccc(Cn2cncc2CCl)cc1. The predicted molar refractivity (Wildman–Crippen MR) is 63.6 cm³/mol. The Morgan fingerprint density at radius 2 is 2.06 bits per heavy atom. The predicted octanol–water partition coefficient (Wildman–Crippen LogP) is 3.22. The fourth-order valence-electron chi connectivity index (χ4n) is 1.47. The van der Waals surface area contributed by atoms with Crippen molar-refractivity contribution in [3.63, 3.8) is 0 Å². The van der Waals surface area contributed by atoms with Gasteiger partial charge in [-0.3, -0.25) is 0 Å². The summed E-state index contributed by atoms with van der Waals surface area (Å²) in [6.45, 7) is 7.60. The van der Waals surface area contributed by atoms with E-state index in [-0.39, 0.29) is 0 Å². The second-order valence-electron chi connectivity index (χ2n) is 3.42. The van der Waals surface area contributed by atoms with Crippen molar-refractivity contribution in [3.05, 3.63) is 59.5 Å². The van der Waals surface area contributed by atoms with Gasteiger partial charge in [-0.1, -0.05) is 24.3 Å². The molecule has 3 nitrogen and oxygen atoms in total. The van der Waals surface area contributed by atoms with Crippen molar-refractivity contribution >= 4 is 17.3 Å². The summed E-state index contributed by atoms with van der Waals surface area (Å²) in [5, 5.41) is 0. The first-order chi connectivity index (χ1) is 7.83. The number of alkyl halides is 1. The summed E-state index contributed by atoms with van der Waals surface area (Å²) in [7, 11) is 0. The van der Waals surface area contributed by atoms with Crippen LogP contribution in [0.2, 0.25) is 0 Å². The van der Waals surface area contributed by atoms with E-state index in [2.05, 4.69) is 9.83 Å². The molecule has 0 saturated heterocycles. The van der Waals surface area contributed by atoms with E-state index in [9.17, 15) is 0 Å². The smallest absolute Gasteiger partial charge is 0.187 e. The molecule has 4 heteroatoms. The molecule has 2 rings (SSSR count). The lowest BCUT2D eigenvalue weighted by Crippen LogP contribution is -2.01. The number of hydrogen-bond donors (Lipinski definition) is 0. The fraction of sp³-hybridized carbons (Fsp3) is 0.167. The van der Waals surface area contributed by atoms with Gasteiger partial charge >= 0.3 is 0 Å². The normalized spacial score (nSPS) is 10.0. The van der Waals surface area contributed by atoms with E-state index in [0.717, 1.165) is 17.8 Å². The molecule has 0 fully saturated rings. The highest BCUT2D eigenvalue weighted by Gasteiger charge is 2.01. The Hall–Kier alpha value is -1.79. The van der Waals surface area contributed by atoms with Crippen molar-refractivity contribution in [3.8, 4) is 0 Å². The molecule has 0 unspecified atom stereocenters. The van der Waals surface area contributed by atoms with Gasteiger partial charge in [0.05, 0.1) is 24.5 Å². The molecule has 1 aromatic carbocycles. The molecule has 80 valence electrons. The molecule has 0 aliphatic rings. The molecule has 0 saturated carbocycles. The lowest BCUT2D eigenvalue weighted by molar-refractivity contribution is 0.765. The standard InChI is InChI=1S/C12H10ClN3/c1-14-11-4-2-10(3-5-11)8-16-9-15-7-12(16)6-13/h2-5,7,9H,6,8H2. The summed E-state index contributed by atoms with van der Waals surface area (Å²) in [6.07, 6.45) is 3.53. The van der Waals surface area contributed by atoms with Crippen molar-refractivity contribution in [2.75, 3.05) is 0 Å². The highest BCUT2D eigenvalue weighted by atomic mass is 35.5. The molecule has 16 heavy (non-hydrogen) atoms. The molecule has 0 bridgehead atoms. The third-order valence-corrected chi connectivity index (χ3v) is 2.63. The zero-order valence-corrected chi connectivity index (χ0v) is 9.35. The number of hydrogen-bond acceptors (Lipinski definition) is 1. The van der Waals surface area contributed by atoms with Gasteiger partial charge in [-0.2, -0.15) is 0 Å². The maximum Gasteiger partial charge on any atom is 0.187 e. The molecule has 0 radical (unpaired) electrons. The molecule has 0 spiro atoms. The highest BCUT2D eigenvalue weighted by Crippen LogP contribution is 2.14. The molecular weight excluding hydrogens is 222 g/mol. The van der Waals surface area contributed by atoms with Crippen LogP contribution in [0.25, 0.3) is 4.85 Å². The number of imidazole rings is 1. The van der Waals surface area contributed by atoms with Crippen LogP contribution in [0.1, 0.15) is 11.3 Å². The lowest BCUT2D eigenvalue weighted by Gasteiger charge is -2.06. The van der Waals surface area contributed by atoms with Gasteiger partial charge in [0.15, 0.2) is 5.69 Å². The van der Waals surface area contributed by atoms with Crippen LogP contribution in [0.15, 0.2) is 36.8 Å². The van der Waals surface area contributed by atoms with Crippen molar-refractivity contribution in [1.82, 2.24) is 9.55 Å². The minimum atomic E-state index is 0.458. The zero-order valence-electron chi connectivity index (χ0n) is 8.60. The molecule has 0 aliphatic carbocycles. The van der Waals surface area contributed by atoms with Gasteiger partial charge in [0, 0.05) is 12.7 Å². The van der Waals surface area contributed by atoms with Gasteiger partial charge < -0.3 is 4.57 Å². The van der Waals surface area contributed by atoms with Crippen molar-refractivity contribution in [2.24, 2.45) is 0 Å². The maximum atomic E-state index is 6.87. The van der Waals surface area contributed by atoms with Crippen LogP contribution in [0.3, 0.4) is 0 Å². The maximum absolute atomic E-state index is 6.87. The minimum Gasteiger partial charge on any atom is -0.329 e. The molecule has 0 aliphatic heterocycles. The van der Waals surface area contributed by atoms with Crippen LogP contribution in [-0.4, -0.2) is 9.55 Å². The molecular formula is C12H10ClN3. The Bertz CT molecular complexity index is 508. The molecule has 0 atom stereocenters. The van der Waals surface area contributed by atoms with Crippen LogP contribution >= 0.6 is 11.6 Å². The van der Waals surface area contributed by atoms with Crippen molar-refractivity contribution in [1.29, 1.82) is 0 Å². The highest BCUT2D eigenvalue weighted by molar-refractivity contribution is 6.16. The Morgan fingerprint density at radius 1 is 1.31 bits per heavy atom. The molecule has 0 amide bonds. The molecule has 0 N–H and O–H groups in total. The van der Waals surface area contributed by atoms with Gasteiger partial charge in [0.2, 0.25) is 0 Å². The first-order valence-electron chi connectivity index (χ1n) is 4.85. The molecule has 1 heterocycles. The number of nitrogens with zero attached hydrogens (tertiary/aromatic N) is 3. The van der Waals surface area contributed by atoms with E-state index < -0.39 is 0 Å². The number of rotatable bonds is 3. The number of halogens is 1. The molecule has 1 aromatic heterocycles. The number of benzene rings is 1. The Kier molecular flexibility index (Phi) is 3.23. The van der Waals surface area contributed by atoms with Gasteiger partial charge in [-0.25, -0.2) is 9.83 Å². The summed E-state index contributed by atoms with van der Waals surface area (Å²) in [4.78, 5) is 7.41. The largest absolute Gasteiger partial charge is 0.329 e.